The van der Waals surface area contributed by atoms with Gasteiger partial charge >= 0.3 is 29.6 Å². The molecule has 0 aliphatic rings. The number of hydrogen-bond acceptors (Lipinski definition) is 6. The molecule has 5 nitrogen and oxygen atoms in total. The fourth-order valence-corrected chi connectivity index (χ4v) is 4.18. The van der Waals surface area contributed by atoms with E-state index in [1.165, 1.54) is 22.1 Å². The monoisotopic (exact) mass is 485 g/mol. The van der Waals surface area contributed by atoms with E-state index >= 15 is 0 Å². The maximum absolute atomic E-state index is 10.9. The Morgan fingerprint density at radius 2 is 1.82 bits per heavy atom. The number of pyridine rings is 1. The van der Waals surface area contributed by atoms with Crippen LogP contribution >= 0.6 is 11.8 Å². The predicted octanol–water partition coefficient (Wildman–Crippen LogP) is 1.86. The third-order valence-electron chi connectivity index (χ3n) is 5.07. The number of unbranched alkanes of at least 4 members (excludes halogenated alkanes) is 1. The summed E-state index contributed by atoms with van der Waals surface area (Å²) in [7, 11) is 1.66. The van der Waals surface area contributed by atoms with Gasteiger partial charge in [-0.2, -0.15) is 0 Å². The molecule has 0 atom stereocenters. The maximum atomic E-state index is 10.9. The molecule has 0 fully saturated rings. The number of aromatic nitrogens is 1. The standard InChI is InChI=1S/C27H29NO4S.Na/c1-20-7-3-4-9-26(20)33-19-22-12-16-25(24(28-22)15-17-27(29)30)32-18-6-5-8-21-10-13-23(31-2)14-11-21;/h3-4,7,9-17H,5-6,8,18-19H2,1-2H3,(H,29,30);/q;+1/p-1. The van der Waals surface area contributed by atoms with Gasteiger partial charge in [0.1, 0.15) is 17.2 Å². The SMILES string of the molecule is COc1ccc(CCCCOc2ccc(CSc3ccccc3C)nc2C=CC(=O)[O-])cc1.[Na+]. The fraction of sp³-hybridized carbons (Fsp3) is 0.259. The van der Waals surface area contributed by atoms with Gasteiger partial charge in [0, 0.05) is 10.6 Å². The van der Waals surface area contributed by atoms with Gasteiger partial charge < -0.3 is 19.4 Å². The summed E-state index contributed by atoms with van der Waals surface area (Å²) in [6.45, 7) is 2.61. The maximum Gasteiger partial charge on any atom is 1.00 e. The molecule has 0 aliphatic heterocycles. The first-order chi connectivity index (χ1) is 16.0. The molecular weight excluding hydrogens is 457 g/mol. The first-order valence-electron chi connectivity index (χ1n) is 10.9. The fourth-order valence-electron chi connectivity index (χ4n) is 3.25. The van der Waals surface area contributed by atoms with Crippen LogP contribution < -0.4 is 44.1 Å². The van der Waals surface area contributed by atoms with Crippen molar-refractivity contribution in [2.75, 3.05) is 13.7 Å². The van der Waals surface area contributed by atoms with Crippen LogP contribution in [0, 0.1) is 6.92 Å². The summed E-state index contributed by atoms with van der Waals surface area (Å²) in [5, 5.41) is 10.9. The van der Waals surface area contributed by atoms with Gasteiger partial charge in [-0.25, -0.2) is 4.98 Å². The van der Waals surface area contributed by atoms with E-state index in [0.29, 0.717) is 23.8 Å². The quantitative estimate of drug-likeness (QED) is 0.169. The number of hydrogen-bond donors (Lipinski definition) is 0. The van der Waals surface area contributed by atoms with E-state index in [0.717, 1.165) is 36.8 Å². The summed E-state index contributed by atoms with van der Waals surface area (Å²) in [4.78, 5) is 16.7. The Bertz CT molecular complexity index is 1090. The number of carbonyl (C=O) groups is 1. The van der Waals surface area contributed by atoms with Crippen LogP contribution in [-0.4, -0.2) is 24.7 Å². The number of methoxy groups -OCH3 is 1. The van der Waals surface area contributed by atoms with E-state index in [2.05, 4.69) is 36.2 Å². The van der Waals surface area contributed by atoms with E-state index in [9.17, 15) is 9.90 Å². The third kappa shape index (κ3) is 9.18. The second kappa shape index (κ2) is 14.9. The smallest absolute Gasteiger partial charge is 0.545 e. The number of carbonyl (C=O) groups excluding carboxylic acids is 1. The molecule has 0 spiro atoms. The van der Waals surface area contributed by atoms with E-state index in [4.69, 9.17) is 9.47 Å². The number of ether oxygens (including phenoxy) is 2. The van der Waals surface area contributed by atoms with Crippen LogP contribution in [0.25, 0.3) is 6.08 Å². The second-order valence-electron chi connectivity index (χ2n) is 7.55. The Hall–Kier alpha value is -2.25. The molecular formula is C27H28NNaO4S. The van der Waals surface area contributed by atoms with Gasteiger partial charge in [0.2, 0.25) is 0 Å². The molecule has 1 heterocycles. The normalized spacial score (nSPS) is 10.6. The van der Waals surface area contributed by atoms with Crippen molar-refractivity contribution in [2.24, 2.45) is 0 Å². The number of aliphatic carboxylic acids is 1. The topological polar surface area (TPSA) is 71.5 Å². The Balaban J connectivity index is 0.00000408. The molecule has 0 saturated heterocycles. The van der Waals surface area contributed by atoms with Crippen LogP contribution in [0.4, 0.5) is 0 Å². The molecule has 3 rings (SSSR count). The van der Waals surface area contributed by atoms with Crippen LogP contribution in [0.1, 0.15) is 35.4 Å². The Morgan fingerprint density at radius 1 is 1.06 bits per heavy atom. The number of carboxylic acid groups (broad SMARTS) is 1. The first-order valence-corrected chi connectivity index (χ1v) is 11.9. The third-order valence-corrected chi connectivity index (χ3v) is 6.28. The summed E-state index contributed by atoms with van der Waals surface area (Å²) in [5.74, 6) is 0.843. The van der Waals surface area contributed by atoms with E-state index in [1.807, 2.05) is 36.4 Å². The number of rotatable bonds is 12. The van der Waals surface area contributed by atoms with Gasteiger partial charge in [-0.3, -0.25) is 0 Å². The van der Waals surface area contributed by atoms with Gasteiger partial charge in [0.25, 0.3) is 0 Å². The van der Waals surface area contributed by atoms with Crippen molar-refractivity contribution in [1.82, 2.24) is 4.98 Å². The first kappa shape index (κ1) is 28.0. The van der Waals surface area contributed by atoms with Gasteiger partial charge in [-0.1, -0.05) is 30.3 Å². The van der Waals surface area contributed by atoms with Gasteiger partial charge in [0.15, 0.2) is 0 Å². The molecule has 0 unspecified atom stereocenters. The second-order valence-corrected chi connectivity index (χ2v) is 8.56. The Labute approximate surface area is 227 Å². The number of nitrogens with zero attached hydrogens (tertiary/aromatic N) is 1. The Morgan fingerprint density at radius 3 is 2.53 bits per heavy atom. The summed E-state index contributed by atoms with van der Waals surface area (Å²) in [6.07, 6.45) is 5.23. The Kier molecular flexibility index (Phi) is 12.3. The molecule has 1 aromatic heterocycles. The van der Waals surface area contributed by atoms with Gasteiger partial charge in [-0.15, -0.1) is 11.8 Å². The molecule has 0 saturated carbocycles. The molecule has 0 aliphatic carbocycles. The van der Waals surface area contributed by atoms with Crippen LogP contribution in [0.5, 0.6) is 11.5 Å². The average Bonchev–Trinajstić information content (AvgIpc) is 2.83. The van der Waals surface area contributed by atoms with Crippen molar-refractivity contribution in [3.8, 4) is 11.5 Å². The van der Waals surface area contributed by atoms with E-state index < -0.39 is 5.97 Å². The molecule has 0 N–H and O–H groups in total. The summed E-state index contributed by atoms with van der Waals surface area (Å²) in [6, 6.07) is 20.0. The van der Waals surface area contributed by atoms with Crippen LogP contribution in [-0.2, 0) is 17.0 Å². The zero-order chi connectivity index (χ0) is 23.5. The largest absolute Gasteiger partial charge is 1.00 e. The molecule has 3 aromatic rings. The summed E-state index contributed by atoms with van der Waals surface area (Å²) >= 11 is 1.70. The van der Waals surface area contributed by atoms with Crippen molar-refractivity contribution < 1.29 is 48.9 Å². The van der Waals surface area contributed by atoms with Crippen molar-refractivity contribution in [1.29, 1.82) is 0 Å². The molecule has 2 aromatic carbocycles. The minimum Gasteiger partial charge on any atom is -0.545 e. The minimum absolute atomic E-state index is 0. The molecule has 0 bridgehead atoms. The zero-order valence-corrected chi connectivity index (χ0v) is 22.8. The molecule has 0 amide bonds. The van der Waals surface area contributed by atoms with Crippen molar-refractivity contribution in [3.63, 3.8) is 0 Å². The molecule has 0 radical (unpaired) electrons. The van der Waals surface area contributed by atoms with E-state index in [1.54, 1.807) is 18.9 Å². The number of benzene rings is 2. The predicted molar refractivity (Wildman–Crippen MR) is 130 cm³/mol. The summed E-state index contributed by atoms with van der Waals surface area (Å²) in [5.41, 5.74) is 3.82. The van der Waals surface area contributed by atoms with Crippen molar-refractivity contribution in [3.05, 3.63) is 89.3 Å². The molecule has 172 valence electrons. The van der Waals surface area contributed by atoms with Crippen LogP contribution in [0.2, 0.25) is 0 Å². The number of carboxylic acids is 1. The van der Waals surface area contributed by atoms with Gasteiger partial charge in [-0.05, 0) is 79.8 Å². The van der Waals surface area contributed by atoms with E-state index in [-0.39, 0.29) is 29.6 Å². The summed E-state index contributed by atoms with van der Waals surface area (Å²) < 4.78 is 11.1. The average molecular weight is 486 g/mol. The number of thioether (sulfide) groups is 1. The zero-order valence-electron chi connectivity index (χ0n) is 20.0. The van der Waals surface area contributed by atoms with Crippen LogP contribution in [0.15, 0.2) is 71.6 Å². The minimum atomic E-state index is -1.26. The molecule has 34 heavy (non-hydrogen) atoms. The number of aryl methyl sites for hydroxylation is 2. The van der Waals surface area contributed by atoms with Crippen molar-refractivity contribution >= 4 is 23.8 Å². The van der Waals surface area contributed by atoms with Crippen LogP contribution in [0.3, 0.4) is 0 Å². The van der Waals surface area contributed by atoms with Crippen molar-refractivity contribution in [2.45, 2.75) is 36.8 Å². The van der Waals surface area contributed by atoms with Gasteiger partial charge in [0.05, 0.1) is 25.4 Å². The molecule has 7 heteroatoms.